The van der Waals surface area contributed by atoms with Gasteiger partial charge in [0.15, 0.2) is 5.78 Å². The van der Waals surface area contributed by atoms with Crippen LogP contribution in [0.1, 0.15) is 0 Å². The third-order valence-electron chi connectivity index (χ3n) is 1.76. The van der Waals surface area contributed by atoms with E-state index < -0.39 is 0 Å². The molecule has 0 unspecified atom stereocenters. The fourth-order valence-corrected chi connectivity index (χ4v) is 1.14. The fraction of sp³-hybridized carbons (Fsp3) is 0. The molecule has 0 bridgehead atoms. The van der Waals surface area contributed by atoms with Crippen molar-refractivity contribution in [3.8, 4) is 0 Å². The average Bonchev–Trinajstić information content (AvgIpc) is 2.08. The number of fused-ring (bicyclic) bond motifs is 1. The van der Waals surface area contributed by atoms with Crippen molar-refractivity contribution in [2.45, 2.75) is 0 Å². The summed E-state index contributed by atoms with van der Waals surface area (Å²) in [6.45, 7) is 0. The Hall–Kier alpha value is -1.83. The molecule has 0 N–H and O–H groups in total. The van der Waals surface area contributed by atoms with E-state index >= 15 is 0 Å². The standard InChI is InChI=1S/C11H8O2/c12-10-6-5-9-4-2-1-3-7-13-11(9)8-10/h1-8H. The fourth-order valence-electron chi connectivity index (χ4n) is 1.14. The van der Waals surface area contributed by atoms with E-state index in [1.165, 1.54) is 12.2 Å². The van der Waals surface area contributed by atoms with Gasteiger partial charge in [0.2, 0.25) is 0 Å². The van der Waals surface area contributed by atoms with Crippen molar-refractivity contribution in [1.82, 2.24) is 0 Å². The molecule has 1 aliphatic carbocycles. The monoisotopic (exact) mass is 172 g/mol. The van der Waals surface area contributed by atoms with Crippen molar-refractivity contribution in [3.05, 3.63) is 60.1 Å². The smallest absolute Gasteiger partial charge is 0.182 e. The molecule has 1 heterocycles. The third-order valence-corrected chi connectivity index (χ3v) is 1.76. The predicted octanol–water partition coefficient (Wildman–Crippen LogP) is 2.04. The van der Waals surface area contributed by atoms with E-state index in [1.807, 2.05) is 18.2 Å². The van der Waals surface area contributed by atoms with Crippen LogP contribution in [0, 0.1) is 0 Å². The second kappa shape index (κ2) is 3.27. The Kier molecular flexibility index (Phi) is 1.96. The van der Waals surface area contributed by atoms with Gasteiger partial charge in [-0.3, -0.25) is 4.79 Å². The molecular weight excluding hydrogens is 164 g/mol. The van der Waals surface area contributed by atoms with Crippen LogP contribution in [-0.2, 0) is 9.53 Å². The van der Waals surface area contributed by atoms with Crippen LogP contribution >= 0.6 is 0 Å². The molecule has 0 aromatic rings. The Bertz CT molecular complexity index is 379. The summed E-state index contributed by atoms with van der Waals surface area (Å²) in [7, 11) is 0. The van der Waals surface area contributed by atoms with Crippen molar-refractivity contribution < 1.29 is 9.53 Å². The molecule has 2 nitrogen and oxygen atoms in total. The molecule has 13 heavy (non-hydrogen) atoms. The number of rotatable bonds is 0. The molecule has 0 amide bonds. The summed E-state index contributed by atoms with van der Waals surface area (Å²) in [6.07, 6.45) is 13.8. The van der Waals surface area contributed by atoms with Gasteiger partial charge in [0.05, 0.1) is 6.26 Å². The number of carbonyl (C=O) groups excluding carboxylic acids is 1. The van der Waals surface area contributed by atoms with Gasteiger partial charge < -0.3 is 4.74 Å². The number of hydrogen-bond donors (Lipinski definition) is 0. The van der Waals surface area contributed by atoms with E-state index in [-0.39, 0.29) is 5.78 Å². The van der Waals surface area contributed by atoms with Crippen molar-refractivity contribution in [2.24, 2.45) is 0 Å². The van der Waals surface area contributed by atoms with E-state index in [0.29, 0.717) is 5.76 Å². The maximum atomic E-state index is 11.0. The highest BCUT2D eigenvalue weighted by Gasteiger charge is 2.10. The first kappa shape index (κ1) is 7.80. The molecule has 0 spiro atoms. The Balaban J connectivity index is 2.41. The van der Waals surface area contributed by atoms with Crippen molar-refractivity contribution in [1.29, 1.82) is 0 Å². The summed E-state index contributed by atoms with van der Waals surface area (Å²) >= 11 is 0. The number of carbonyl (C=O) groups is 1. The lowest BCUT2D eigenvalue weighted by molar-refractivity contribution is -0.110. The Morgan fingerprint density at radius 1 is 1.08 bits per heavy atom. The van der Waals surface area contributed by atoms with Gasteiger partial charge >= 0.3 is 0 Å². The number of allylic oxidation sites excluding steroid dienone is 7. The zero-order chi connectivity index (χ0) is 9.10. The summed E-state index contributed by atoms with van der Waals surface area (Å²) in [5.41, 5.74) is 0.917. The summed E-state index contributed by atoms with van der Waals surface area (Å²) in [6, 6.07) is 0. The summed E-state index contributed by atoms with van der Waals surface area (Å²) < 4.78 is 5.25. The maximum Gasteiger partial charge on any atom is 0.182 e. The zero-order valence-corrected chi connectivity index (χ0v) is 6.94. The summed E-state index contributed by atoms with van der Waals surface area (Å²) in [4.78, 5) is 11.0. The highest BCUT2D eigenvalue weighted by molar-refractivity contribution is 6.02. The number of ether oxygens (including phenoxy) is 1. The first-order valence-corrected chi connectivity index (χ1v) is 4.00. The van der Waals surface area contributed by atoms with E-state index in [9.17, 15) is 4.79 Å². The van der Waals surface area contributed by atoms with Crippen molar-refractivity contribution >= 4 is 5.78 Å². The quantitative estimate of drug-likeness (QED) is 0.559. The van der Waals surface area contributed by atoms with Gasteiger partial charge in [0.1, 0.15) is 5.76 Å². The largest absolute Gasteiger partial charge is 0.464 e. The Morgan fingerprint density at radius 3 is 2.92 bits per heavy atom. The van der Waals surface area contributed by atoms with Gasteiger partial charge in [-0.2, -0.15) is 0 Å². The zero-order valence-electron chi connectivity index (χ0n) is 6.94. The van der Waals surface area contributed by atoms with Crippen LogP contribution in [-0.4, -0.2) is 5.78 Å². The number of hydrogen-bond acceptors (Lipinski definition) is 2. The molecule has 1 aliphatic heterocycles. The summed E-state index contributed by atoms with van der Waals surface area (Å²) in [5.74, 6) is 0.568. The minimum absolute atomic E-state index is 0.0369. The van der Waals surface area contributed by atoms with Crippen LogP contribution in [0.5, 0.6) is 0 Å². The lowest BCUT2D eigenvalue weighted by Crippen LogP contribution is -2.01. The van der Waals surface area contributed by atoms with E-state index in [4.69, 9.17) is 4.74 Å². The first-order valence-electron chi connectivity index (χ1n) is 4.00. The first-order chi connectivity index (χ1) is 6.36. The van der Waals surface area contributed by atoms with Gasteiger partial charge in [-0.05, 0) is 18.2 Å². The molecule has 0 saturated heterocycles. The van der Waals surface area contributed by atoms with Crippen LogP contribution in [0.4, 0.5) is 0 Å². The SMILES string of the molecule is O=C1C=CC2=CC=CC=COC2=C1. The van der Waals surface area contributed by atoms with E-state index in [0.717, 1.165) is 5.57 Å². The Labute approximate surface area is 76.2 Å². The van der Waals surface area contributed by atoms with Crippen LogP contribution in [0.3, 0.4) is 0 Å². The van der Waals surface area contributed by atoms with Crippen LogP contribution in [0.25, 0.3) is 0 Å². The molecule has 0 saturated carbocycles. The topological polar surface area (TPSA) is 26.3 Å². The molecular formula is C11H8O2. The lowest BCUT2D eigenvalue weighted by Gasteiger charge is -2.10. The molecule has 64 valence electrons. The molecule has 0 radical (unpaired) electrons. The normalized spacial score (nSPS) is 19.5. The molecule has 2 heteroatoms. The van der Waals surface area contributed by atoms with Gasteiger partial charge in [0.25, 0.3) is 0 Å². The van der Waals surface area contributed by atoms with Crippen molar-refractivity contribution in [3.63, 3.8) is 0 Å². The lowest BCUT2D eigenvalue weighted by atomic mass is 10.1. The van der Waals surface area contributed by atoms with Gasteiger partial charge in [-0.1, -0.05) is 18.2 Å². The summed E-state index contributed by atoms with van der Waals surface area (Å²) in [5, 5.41) is 0. The Morgan fingerprint density at radius 2 is 2.00 bits per heavy atom. The second-order valence-electron chi connectivity index (χ2n) is 2.70. The van der Waals surface area contributed by atoms with Gasteiger partial charge in [0, 0.05) is 11.6 Å². The predicted molar refractivity (Wildman–Crippen MR) is 49.7 cm³/mol. The molecule has 2 aliphatic rings. The van der Waals surface area contributed by atoms with E-state index in [2.05, 4.69) is 0 Å². The van der Waals surface area contributed by atoms with Crippen molar-refractivity contribution in [2.75, 3.05) is 0 Å². The minimum Gasteiger partial charge on any atom is -0.464 e. The maximum absolute atomic E-state index is 11.0. The molecule has 0 aromatic heterocycles. The minimum atomic E-state index is -0.0369. The number of ketones is 1. The molecule has 2 rings (SSSR count). The molecule has 0 atom stereocenters. The average molecular weight is 172 g/mol. The molecule has 0 aromatic carbocycles. The van der Waals surface area contributed by atoms with Gasteiger partial charge in [-0.25, -0.2) is 0 Å². The highest BCUT2D eigenvalue weighted by atomic mass is 16.5. The van der Waals surface area contributed by atoms with Crippen LogP contribution in [0.15, 0.2) is 60.1 Å². The van der Waals surface area contributed by atoms with Crippen LogP contribution < -0.4 is 0 Å². The second-order valence-corrected chi connectivity index (χ2v) is 2.70. The van der Waals surface area contributed by atoms with Gasteiger partial charge in [-0.15, -0.1) is 0 Å². The highest BCUT2D eigenvalue weighted by Crippen LogP contribution is 2.19. The van der Waals surface area contributed by atoms with Crippen LogP contribution in [0.2, 0.25) is 0 Å². The molecule has 0 fully saturated rings. The third kappa shape index (κ3) is 1.67. The van der Waals surface area contributed by atoms with E-state index in [1.54, 1.807) is 18.4 Å².